The van der Waals surface area contributed by atoms with Crippen molar-refractivity contribution in [1.82, 2.24) is 4.57 Å². The van der Waals surface area contributed by atoms with Crippen LogP contribution in [0.2, 0.25) is 0 Å². The third-order valence-corrected chi connectivity index (χ3v) is 3.57. The molecule has 2 aromatic rings. The Bertz CT molecular complexity index is 621. The first-order valence-electron chi connectivity index (χ1n) is 7.66. The molecule has 0 saturated heterocycles. The molecule has 0 unspecified atom stereocenters. The molecule has 2 rings (SSSR count). The maximum Gasteiger partial charge on any atom is 0.241 e. The van der Waals surface area contributed by atoms with Gasteiger partial charge in [0.2, 0.25) is 5.91 Å². The molecule has 1 aromatic carbocycles. The zero-order valence-corrected chi connectivity index (χ0v) is 14.3. The summed E-state index contributed by atoms with van der Waals surface area (Å²) in [5, 5.41) is 4.11. The van der Waals surface area contributed by atoms with Gasteiger partial charge in [0.15, 0.2) is 0 Å². The molecule has 0 spiro atoms. The Kier molecular flexibility index (Phi) is 6.91. The number of rotatable bonds is 6. The van der Waals surface area contributed by atoms with Crippen molar-refractivity contribution in [3.05, 3.63) is 30.5 Å². The smallest absolute Gasteiger partial charge is 0.241 e. The Morgan fingerprint density at radius 3 is 2.68 bits per heavy atom. The van der Waals surface area contributed by atoms with Crippen molar-refractivity contribution in [2.75, 3.05) is 5.32 Å². The van der Waals surface area contributed by atoms with Crippen molar-refractivity contribution in [2.45, 2.75) is 46.2 Å². The maximum atomic E-state index is 12.1. The summed E-state index contributed by atoms with van der Waals surface area (Å²) in [6, 6.07) is 7.62. The highest BCUT2D eigenvalue weighted by Crippen LogP contribution is 2.21. The second kappa shape index (κ2) is 8.20. The van der Waals surface area contributed by atoms with E-state index >= 15 is 0 Å². The van der Waals surface area contributed by atoms with Crippen molar-refractivity contribution in [1.29, 1.82) is 0 Å². The summed E-state index contributed by atoms with van der Waals surface area (Å²) in [6.07, 6.45) is 3.87. The van der Waals surface area contributed by atoms with Crippen LogP contribution in [0.3, 0.4) is 0 Å². The van der Waals surface area contributed by atoms with Gasteiger partial charge in [-0.05, 0) is 42.3 Å². The molecule has 3 N–H and O–H groups in total. The Morgan fingerprint density at radius 1 is 1.32 bits per heavy atom. The van der Waals surface area contributed by atoms with Gasteiger partial charge in [-0.25, -0.2) is 0 Å². The van der Waals surface area contributed by atoms with E-state index in [1.54, 1.807) is 0 Å². The molecule has 5 heteroatoms. The number of aryl methyl sites for hydroxylation is 1. The first-order chi connectivity index (χ1) is 10.0. The summed E-state index contributed by atoms with van der Waals surface area (Å²) >= 11 is 0. The zero-order chi connectivity index (χ0) is 15.4. The van der Waals surface area contributed by atoms with Crippen LogP contribution >= 0.6 is 12.4 Å². The fraction of sp³-hybridized carbons (Fsp3) is 0.471. The molecule has 1 aromatic heterocycles. The van der Waals surface area contributed by atoms with Gasteiger partial charge in [0, 0.05) is 18.4 Å². The molecular weight excluding hydrogens is 298 g/mol. The molecule has 0 aliphatic heterocycles. The van der Waals surface area contributed by atoms with Crippen LogP contribution in [0.1, 0.15) is 33.6 Å². The van der Waals surface area contributed by atoms with Gasteiger partial charge in [-0.3, -0.25) is 4.79 Å². The normalized spacial score (nSPS) is 12.2. The number of nitrogens with two attached hydrogens (primary N) is 1. The number of anilines is 1. The lowest BCUT2D eigenvalue weighted by Gasteiger charge is -2.14. The number of halogens is 1. The molecule has 0 bridgehead atoms. The fourth-order valence-electron chi connectivity index (χ4n) is 2.55. The highest BCUT2D eigenvalue weighted by atomic mass is 35.5. The van der Waals surface area contributed by atoms with Crippen LogP contribution < -0.4 is 11.1 Å². The van der Waals surface area contributed by atoms with E-state index in [4.69, 9.17) is 5.73 Å². The number of fused-ring (bicyclic) bond motifs is 1. The monoisotopic (exact) mass is 323 g/mol. The molecule has 1 atom stereocenters. The van der Waals surface area contributed by atoms with E-state index in [0.29, 0.717) is 12.3 Å². The predicted molar refractivity (Wildman–Crippen MR) is 95.5 cm³/mol. The zero-order valence-electron chi connectivity index (χ0n) is 13.5. The maximum absolute atomic E-state index is 12.1. The van der Waals surface area contributed by atoms with Gasteiger partial charge in [-0.2, -0.15) is 0 Å². The number of nitrogens with zero attached hydrogens (tertiary/aromatic N) is 1. The lowest BCUT2D eigenvalue weighted by atomic mass is 10.0. The molecule has 4 nitrogen and oxygen atoms in total. The molecule has 122 valence electrons. The first kappa shape index (κ1) is 18.5. The molecular formula is C17H26ClN3O. The topological polar surface area (TPSA) is 60.0 Å². The van der Waals surface area contributed by atoms with Crippen LogP contribution in [0.15, 0.2) is 30.5 Å². The predicted octanol–water partition coefficient (Wildman–Crippen LogP) is 3.79. The van der Waals surface area contributed by atoms with Gasteiger partial charge >= 0.3 is 0 Å². The third-order valence-electron chi connectivity index (χ3n) is 3.57. The lowest BCUT2D eigenvalue weighted by Crippen LogP contribution is -2.36. The summed E-state index contributed by atoms with van der Waals surface area (Å²) in [6.45, 7) is 7.27. The van der Waals surface area contributed by atoms with Gasteiger partial charge in [0.1, 0.15) is 0 Å². The summed E-state index contributed by atoms with van der Waals surface area (Å²) in [5.74, 6) is 0.298. The van der Waals surface area contributed by atoms with E-state index in [1.165, 1.54) is 5.39 Å². The van der Waals surface area contributed by atoms with Crippen LogP contribution in [-0.2, 0) is 11.3 Å². The minimum atomic E-state index is -0.455. The number of nitrogens with one attached hydrogen (secondary N) is 1. The minimum absolute atomic E-state index is 0. The summed E-state index contributed by atoms with van der Waals surface area (Å²) < 4.78 is 2.21. The van der Waals surface area contributed by atoms with Crippen molar-refractivity contribution in [3.63, 3.8) is 0 Å². The number of amides is 1. The van der Waals surface area contributed by atoms with Gasteiger partial charge in [-0.1, -0.05) is 26.8 Å². The lowest BCUT2D eigenvalue weighted by molar-refractivity contribution is -0.117. The van der Waals surface area contributed by atoms with Gasteiger partial charge in [0.25, 0.3) is 0 Å². The molecule has 0 saturated carbocycles. The first-order valence-corrected chi connectivity index (χ1v) is 7.66. The number of benzene rings is 1. The number of carbonyl (C=O) groups excluding carboxylic acids is 1. The Labute approximate surface area is 138 Å². The molecule has 1 amide bonds. The van der Waals surface area contributed by atoms with Crippen LogP contribution in [0.25, 0.3) is 10.9 Å². The Balaban J connectivity index is 0.00000242. The standard InChI is InChI=1S/C17H25N3O.ClH/c1-4-8-20-9-7-13-5-6-14(11-16(13)20)19-17(21)15(18)10-12(2)3;/h5-7,9,11-12,15H,4,8,10,18H2,1-3H3,(H,19,21);1H/t15-;/m0./s1. The summed E-state index contributed by atoms with van der Waals surface area (Å²) in [4.78, 5) is 12.1. The second-order valence-corrected chi connectivity index (χ2v) is 6.01. The number of hydrogen-bond donors (Lipinski definition) is 2. The fourth-order valence-corrected chi connectivity index (χ4v) is 2.55. The van der Waals surface area contributed by atoms with E-state index in [9.17, 15) is 4.79 Å². The number of carbonyl (C=O) groups is 1. The number of aromatic nitrogens is 1. The third kappa shape index (κ3) is 4.49. The van der Waals surface area contributed by atoms with E-state index in [2.05, 4.69) is 42.9 Å². The van der Waals surface area contributed by atoms with Gasteiger partial charge in [-0.15, -0.1) is 12.4 Å². The Hall–Kier alpha value is -1.52. The number of hydrogen-bond acceptors (Lipinski definition) is 2. The van der Waals surface area contributed by atoms with Crippen LogP contribution in [-0.4, -0.2) is 16.5 Å². The van der Waals surface area contributed by atoms with Gasteiger partial charge < -0.3 is 15.6 Å². The van der Waals surface area contributed by atoms with Crippen molar-refractivity contribution < 1.29 is 4.79 Å². The van der Waals surface area contributed by atoms with Crippen LogP contribution in [0, 0.1) is 5.92 Å². The van der Waals surface area contributed by atoms with E-state index in [1.807, 2.05) is 18.2 Å². The molecule has 0 aliphatic rings. The highest BCUT2D eigenvalue weighted by molar-refractivity contribution is 5.96. The molecule has 0 aliphatic carbocycles. The van der Waals surface area contributed by atoms with E-state index in [0.717, 1.165) is 24.2 Å². The molecule has 22 heavy (non-hydrogen) atoms. The average molecular weight is 324 g/mol. The SMILES string of the molecule is CCCn1ccc2ccc(NC(=O)[C@@H](N)CC(C)C)cc21.Cl. The van der Waals surface area contributed by atoms with Crippen molar-refractivity contribution in [3.8, 4) is 0 Å². The summed E-state index contributed by atoms with van der Waals surface area (Å²) in [5.41, 5.74) is 7.87. The van der Waals surface area contributed by atoms with E-state index < -0.39 is 6.04 Å². The van der Waals surface area contributed by atoms with Crippen LogP contribution in [0.4, 0.5) is 5.69 Å². The molecule has 0 radical (unpaired) electrons. The van der Waals surface area contributed by atoms with Crippen molar-refractivity contribution in [2.24, 2.45) is 11.7 Å². The van der Waals surface area contributed by atoms with Crippen LogP contribution in [0.5, 0.6) is 0 Å². The summed E-state index contributed by atoms with van der Waals surface area (Å²) in [7, 11) is 0. The van der Waals surface area contributed by atoms with Gasteiger partial charge in [0.05, 0.1) is 11.6 Å². The highest BCUT2D eigenvalue weighted by Gasteiger charge is 2.15. The molecule has 0 fully saturated rings. The second-order valence-electron chi connectivity index (χ2n) is 6.01. The quantitative estimate of drug-likeness (QED) is 0.849. The average Bonchev–Trinajstić information content (AvgIpc) is 2.81. The Morgan fingerprint density at radius 2 is 2.05 bits per heavy atom. The van der Waals surface area contributed by atoms with E-state index in [-0.39, 0.29) is 18.3 Å². The minimum Gasteiger partial charge on any atom is -0.347 e. The molecule has 1 heterocycles. The van der Waals surface area contributed by atoms with Crippen molar-refractivity contribution >= 4 is 34.9 Å². The largest absolute Gasteiger partial charge is 0.347 e.